The summed E-state index contributed by atoms with van der Waals surface area (Å²) >= 11 is 0. The van der Waals surface area contributed by atoms with Gasteiger partial charge >= 0.3 is 0 Å². The van der Waals surface area contributed by atoms with Crippen molar-refractivity contribution in [3.63, 3.8) is 0 Å². The topological polar surface area (TPSA) is 81.0 Å². The maximum absolute atomic E-state index is 11.9. The fourth-order valence-corrected chi connectivity index (χ4v) is 2.23. The summed E-state index contributed by atoms with van der Waals surface area (Å²) in [5.41, 5.74) is 6.31. The third-order valence-corrected chi connectivity index (χ3v) is 3.13. The van der Waals surface area contributed by atoms with Crippen LogP contribution in [0, 0.1) is 0 Å². The van der Waals surface area contributed by atoms with E-state index in [1.54, 1.807) is 0 Å². The summed E-state index contributed by atoms with van der Waals surface area (Å²) in [6.45, 7) is 5.28. The molecule has 1 aliphatic heterocycles. The Morgan fingerprint density at radius 1 is 1.53 bits per heavy atom. The highest BCUT2D eigenvalue weighted by molar-refractivity contribution is 5.40. The Morgan fingerprint density at radius 3 is 2.82 bits per heavy atom. The summed E-state index contributed by atoms with van der Waals surface area (Å²) in [6.07, 6.45) is 1.99. The van der Waals surface area contributed by atoms with Gasteiger partial charge in [0.1, 0.15) is 11.6 Å². The first-order valence-electron chi connectivity index (χ1n) is 6.07. The largest absolute Gasteiger partial charge is 0.383 e. The summed E-state index contributed by atoms with van der Waals surface area (Å²) in [5.74, 6) is 1.27. The second-order valence-electron chi connectivity index (χ2n) is 4.82. The highest BCUT2D eigenvalue weighted by atomic mass is 16.5. The van der Waals surface area contributed by atoms with Gasteiger partial charge in [0.05, 0.1) is 12.2 Å². The van der Waals surface area contributed by atoms with E-state index in [1.807, 2.05) is 13.8 Å². The number of H-pyrrole nitrogens is 1. The van der Waals surface area contributed by atoms with Gasteiger partial charge in [-0.1, -0.05) is 13.8 Å². The fourth-order valence-electron chi connectivity index (χ4n) is 2.23. The van der Waals surface area contributed by atoms with E-state index in [1.165, 1.54) is 0 Å². The van der Waals surface area contributed by atoms with E-state index in [0.717, 1.165) is 19.4 Å². The van der Waals surface area contributed by atoms with Crippen LogP contribution in [0.25, 0.3) is 0 Å². The van der Waals surface area contributed by atoms with Crippen LogP contribution in [0.3, 0.4) is 0 Å². The van der Waals surface area contributed by atoms with Gasteiger partial charge in [0.2, 0.25) is 0 Å². The molecule has 1 unspecified atom stereocenters. The molecule has 1 aliphatic rings. The van der Waals surface area contributed by atoms with Gasteiger partial charge in [0.15, 0.2) is 0 Å². The van der Waals surface area contributed by atoms with Crippen LogP contribution in [0.2, 0.25) is 0 Å². The molecule has 0 amide bonds. The first kappa shape index (κ1) is 12.1. The number of nitrogens with two attached hydrogens (primary N) is 1. The number of hydrogen-bond acceptors (Lipinski definition) is 4. The smallest absolute Gasteiger partial charge is 0.256 e. The van der Waals surface area contributed by atoms with Crippen LogP contribution in [0.15, 0.2) is 4.79 Å². The molecule has 0 radical (unpaired) electrons. The van der Waals surface area contributed by atoms with Crippen molar-refractivity contribution >= 4 is 5.82 Å². The van der Waals surface area contributed by atoms with Crippen molar-refractivity contribution in [2.75, 3.05) is 18.9 Å². The average molecular weight is 237 g/mol. The molecule has 1 fully saturated rings. The number of aromatic nitrogens is 2. The van der Waals surface area contributed by atoms with Gasteiger partial charge in [-0.25, -0.2) is 4.98 Å². The molecule has 94 valence electrons. The number of rotatable bonds is 2. The van der Waals surface area contributed by atoms with Crippen molar-refractivity contribution < 1.29 is 4.74 Å². The number of aromatic amines is 1. The van der Waals surface area contributed by atoms with E-state index in [-0.39, 0.29) is 17.4 Å². The zero-order valence-corrected chi connectivity index (χ0v) is 10.3. The quantitative estimate of drug-likeness (QED) is 0.814. The molecule has 2 rings (SSSR count). The van der Waals surface area contributed by atoms with Crippen molar-refractivity contribution in [1.29, 1.82) is 0 Å². The molecule has 17 heavy (non-hydrogen) atoms. The van der Waals surface area contributed by atoms with E-state index in [9.17, 15) is 4.79 Å². The molecule has 3 N–H and O–H groups in total. The maximum atomic E-state index is 11.9. The van der Waals surface area contributed by atoms with Crippen molar-refractivity contribution in [2.45, 2.75) is 38.5 Å². The molecule has 1 aromatic heterocycles. The molecule has 1 aromatic rings. The number of nitrogens with zero attached hydrogens (tertiary/aromatic N) is 1. The van der Waals surface area contributed by atoms with Gasteiger partial charge in [0, 0.05) is 12.5 Å². The van der Waals surface area contributed by atoms with Gasteiger partial charge in [0.25, 0.3) is 5.56 Å². The maximum Gasteiger partial charge on any atom is 0.256 e. The van der Waals surface area contributed by atoms with Crippen LogP contribution >= 0.6 is 0 Å². The predicted molar refractivity (Wildman–Crippen MR) is 66.2 cm³/mol. The van der Waals surface area contributed by atoms with Crippen molar-refractivity contribution in [2.24, 2.45) is 0 Å². The molecule has 0 spiro atoms. The Kier molecular flexibility index (Phi) is 3.47. The van der Waals surface area contributed by atoms with Gasteiger partial charge in [-0.3, -0.25) is 4.79 Å². The molecule has 0 bridgehead atoms. The van der Waals surface area contributed by atoms with Gasteiger partial charge < -0.3 is 15.5 Å². The Balaban J connectivity index is 2.34. The standard InChI is InChI=1S/C12H19N3O2/c1-7(2)9-10(13)14-11(15-12(9)16)8-4-3-5-17-6-8/h7-8H,3-6H2,1-2H3,(H3,13,14,15,16). The number of hydrogen-bond donors (Lipinski definition) is 2. The second-order valence-corrected chi connectivity index (χ2v) is 4.82. The highest BCUT2D eigenvalue weighted by Gasteiger charge is 2.21. The highest BCUT2D eigenvalue weighted by Crippen LogP contribution is 2.23. The molecule has 1 atom stereocenters. The summed E-state index contributed by atoms with van der Waals surface area (Å²) < 4.78 is 5.39. The summed E-state index contributed by atoms with van der Waals surface area (Å²) in [6, 6.07) is 0. The fraction of sp³-hybridized carbons (Fsp3) is 0.667. The minimum absolute atomic E-state index is 0.0860. The number of anilines is 1. The lowest BCUT2D eigenvalue weighted by atomic mass is 10.0. The van der Waals surface area contributed by atoms with Crippen LogP contribution in [-0.2, 0) is 4.74 Å². The second kappa shape index (κ2) is 4.87. The van der Waals surface area contributed by atoms with E-state index >= 15 is 0 Å². The molecule has 5 heteroatoms. The molecule has 0 saturated carbocycles. The minimum Gasteiger partial charge on any atom is -0.383 e. The number of nitrogen functional groups attached to an aromatic ring is 1. The molecular weight excluding hydrogens is 218 g/mol. The predicted octanol–water partition coefficient (Wildman–Crippen LogP) is 1.37. The summed E-state index contributed by atoms with van der Waals surface area (Å²) in [5, 5.41) is 0. The Hall–Kier alpha value is -1.36. The lowest BCUT2D eigenvalue weighted by molar-refractivity contribution is 0.0780. The monoisotopic (exact) mass is 237 g/mol. The SMILES string of the molecule is CC(C)c1c(N)nc(C2CCCOC2)[nH]c1=O. The Morgan fingerprint density at radius 2 is 2.29 bits per heavy atom. The third kappa shape index (κ3) is 2.49. The van der Waals surface area contributed by atoms with E-state index in [2.05, 4.69) is 9.97 Å². The van der Waals surface area contributed by atoms with Crippen LogP contribution in [0.4, 0.5) is 5.82 Å². The van der Waals surface area contributed by atoms with Crippen molar-refractivity contribution in [3.8, 4) is 0 Å². The Bertz CT molecular complexity index is 448. The van der Waals surface area contributed by atoms with Crippen molar-refractivity contribution in [3.05, 3.63) is 21.7 Å². The van der Waals surface area contributed by atoms with Crippen LogP contribution in [-0.4, -0.2) is 23.2 Å². The van der Waals surface area contributed by atoms with Crippen LogP contribution < -0.4 is 11.3 Å². The molecule has 2 heterocycles. The zero-order valence-electron chi connectivity index (χ0n) is 10.3. The van der Waals surface area contributed by atoms with E-state index in [4.69, 9.17) is 10.5 Å². The van der Waals surface area contributed by atoms with Gasteiger partial charge in [-0.15, -0.1) is 0 Å². The molecule has 0 aliphatic carbocycles. The number of ether oxygens (including phenoxy) is 1. The van der Waals surface area contributed by atoms with E-state index < -0.39 is 0 Å². The van der Waals surface area contributed by atoms with Crippen LogP contribution in [0.5, 0.6) is 0 Å². The van der Waals surface area contributed by atoms with Gasteiger partial charge in [-0.05, 0) is 18.8 Å². The third-order valence-electron chi connectivity index (χ3n) is 3.13. The summed E-state index contributed by atoms with van der Waals surface area (Å²) in [4.78, 5) is 19.1. The molecule has 1 saturated heterocycles. The zero-order chi connectivity index (χ0) is 12.4. The molecular formula is C12H19N3O2. The average Bonchev–Trinajstić information content (AvgIpc) is 2.28. The lowest BCUT2D eigenvalue weighted by Gasteiger charge is -2.21. The first-order valence-corrected chi connectivity index (χ1v) is 6.07. The summed E-state index contributed by atoms with van der Waals surface area (Å²) in [7, 11) is 0. The van der Waals surface area contributed by atoms with Crippen LogP contribution in [0.1, 0.15) is 49.9 Å². The van der Waals surface area contributed by atoms with E-state index in [0.29, 0.717) is 23.8 Å². The normalized spacial score (nSPS) is 20.8. The molecule has 0 aromatic carbocycles. The Labute approximate surface area is 100 Å². The lowest BCUT2D eigenvalue weighted by Crippen LogP contribution is -2.25. The first-order chi connectivity index (χ1) is 8.09. The van der Waals surface area contributed by atoms with Crippen molar-refractivity contribution in [1.82, 2.24) is 9.97 Å². The van der Waals surface area contributed by atoms with Gasteiger partial charge in [-0.2, -0.15) is 0 Å². The number of nitrogens with one attached hydrogen (secondary N) is 1. The molecule has 5 nitrogen and oxygen atoms in total. The minimum atomic E-state index is -0.118.